The van der Waals surface area contributed by atoms with Gasteiger partial charge in [-0.3, -0.25) is 4.79 Å². The number of nitrogens with one attached hydrogen (secondary N) is 1. The maximum absolute atomic E-state index is 12.2. The molecule has 1 N–H and O–H groups in total. The lowest BCUT2D eigenvalue weighted by Gasteiger charge is -2.14. The zero-order chi connectivity index (χ0) is 18.4. The summed E-state index contributed by atoms with van der Waals surface area (Å²) in [5.74, 6) is 0.972. The molecule has 0 spiro atoms. The molecule has 0 saturated carbocycles. The van der Waals surface area contributed by atoms with Crippen LogP contribution in [0.25, 0.3) is 0 Å². The first kappa shape index (κ1) is 17.6. The number of amides is 1. The standard InChI is InChI=1S/C19H21N5O2/c1-3-24-13-22-23-17(24)12-21-19(25)16-9-10-18(20-11-16)26-14(2)15-7-5-4-6-8-15/h4-11,13-14H,3,12H2,1-2H3,(H,21,25). The third-order valence-electron chi connectivity index (χ3n) is 4.01. The van der Waals surface area contributed by atoms with Gasteiger partial charge in [0.1, 0.15) is 12.4 Å². The van der Waals surface area contributed by atoms with Crippen molar-refractivity contribution in [1.82, 2.24) is 25.1 Å². The summed E-state index contributed by atoms with van der Waals surface area (Å²) in [4.78, 5) is 16.5. The van der Waals surface area contributed by atoms with Crippen LogP contribution in [0.15, 0.2) is 55.0 Å². The lowest BCUT2D eigenvalue weighted by molar-refractivity contribution is 0.0949. The molecule has 2 heterocycles. The van der Waals surface area contributed by atoms with Gasteiger partial charge in [0.25, 0.3) is 5.91 Å². The number of rotatable bonds is 7. The number of benzene rings is 1. The van der Waals surface area contributed by atoms with Crippen molar-refractivity contribution in [3.63, 3.8) is 0 Å². The van der Waals surface area contributed by atoms with Gasteiger partial charge in [0.2, 0.25) is 5.88 Å². The molecule has 7 nitrogen and oxygen atoms in total. The second-order valence-electron chi connectivity index (χ2n) is 5.77. The van der Waals surface area contributed by atoms with Crippen LogP contribution in [0.3, 0.4) is 0 Å². The van der Waals surface area contributed by atoms with E-state index in [1.54, 1.807) is 18.5 Å². The van der Waals surface area contributed by atoms with Gasteiger partial charge in [-0.1, -0.05) is 30.3 Å². The fourth-order valence-electron chi connectivity index (χ4n) is 2.50. The van der Waals surface area contributed by atoms with Crippen molar-refractivity contribution in [1.29, 1.82) is 0 Å². The number of nitrogens with zero attached hydrogens (tertiary/aromatic N) is 4. The molecule has 0 aliphatic heterocycles. The summed E-state index contributed by atoms with van der Waals surface area (Å²) >= 11 is 0. The van der Waals surface area contributed by atoms with Gasteiger partial charge in [0.15, 0.2) is 5.82 Å². The summed E-state index contributed by atoms with van der Waals surface area (Å²) in [7, 11) is 0. The van der Waals surface area contributed by atoms with Crippen LogP contribution >= 0.6 is 0 Å². The average molecular weight is 351 g/mol. The smallest absolute Gasteiger partial charge is 0.253 e. The van der Waals surface area contributed by atoms with E-state index < -0.39 is 0 Å². The molecular formula is C19H21N5O2. The Bertz CT molecular complexity index is 846. The fraction of sp³-hybridized carbons (Fsp3) is 0.263. The molecule has 2 aromatic heterocycles. The number of hydrogen-bond donors (Lipinski definition) is 1. The van der Waals surface area contributed by atoms with Crippen molar-refractivity contribution < 1.29 is 9.53 Å². The van der Waals surface area contributed by atoms with Crippen LogP contribution in [0, 0.1) is 0 Å². The molecule has 0 fully saturated rings. The lowest BCUT2D eigenvalue weighted by Crippen LogP contribution is -2.24. The Hall–Kier alpha value is -3.22. The van der Waals surface area contributed by atoms with Crippen LogP contribution in [-0.4, -0.2) is 25.7 Å². The van der Waals surface area contributed by atoms with Crippen LogP contribution in [-0.2, 0) is 13.1 Å². The summed E-state index contributed by atoms with van der Waals surface area (Å²) in [6, 6.07) is 13.3. The first-order valence-corrected chi connectivity index (χ1v) is 8.50. The van der Waals surface area contributed by atoms with Crippen LogP contribution in [0.2, 0.25) is 0 Å². The van der Waals surface area contributed by atoms with E-state index in [0.29, 0.717) is 23.8 Å². The van der Waals surface area contributed by atoms with E-state index in [-0.39, 0.29) is 12.0 Å². The van der Waals surface area contributed by atoms with E-state index in [1.807, 2.05) is 48.7 Å². The molecular weight excluding hydrogens is 330 g/mol. The minimum absolute atomic E-state index is 0.121. The quantitative estimate of drug-likeness (QED) is 0.708. The third-order valence-corrected chi connectivity index (χ3v) is 4.01. The van der Waals surface area contributed by atoms with Gasteiger partial charge in [-0.25, -0.2) is 4.98 Å². The molecule has 3 aromatic rings. The van der Waals surface area contributed by atoms with Crippen LogP contribution in [0.1, 0.15) is 41.7 Å². The zero-order valence-corrected chi connectivity index (χ0v) is 14.8. The number of aromatic nitrogens is 4. The molecule has 0 aliphatic carbocycles. The molecule has 0 saturated heterocycles. The summed E-state index contributed by atoms with van der Waals surface area (Å²) in [5, 5.41) is 10.7. The maximum atomic E-state index is 12.2. The molecule has 26 heavy (non-hydrogen) atoms. The van der Waals surface area contributed by atoms with Gasteiger partial charge in [-0.05, 0) is 25.5 Å². The monoisotopic (exact) mass is 351 g/mol. The highest BCUT2D eigenvalue weighted by molar-refractivity contribution is 5.93. The van der Waals surface area contributed by atoms with E-state index in [4.69, 9.17) is 4.74 Å². The van der Waals surface area contributed by atoms with Crippen molar-refractivity contribution in [2.75, 3.05) is 0 Å². The van der Waals surface area contributed by atoms with Crippen molar-refractivity contribution in [2.45, 2.75) is 33.0 Å². The molecule has 7 heteroatoms. The normalized spacial score (nSPS) is 11.8. The predicted molar refractivity (Wildman–Crippen MR) is 96.6 cm³/mol. The van der Waals surface area contributed by atoms with Gasteiger partial charge in [0.05, 0.1) is 12.1 Å². The first-order chi connectivity index (χ1) is 12.7. The highest BCUT2D eigenvalue weighted by Crippen LogP contribution is 2.19. The fourth-order valence-corrected chi connectivity index (χ4v) is 2.50. The molecule has 3 rings (SSSR count). The SMILES string of the molecule is CCn1cnnc1CNC(=O)c1ccc(OC(C)c2ccccc2)nc1. The number of ether oxygens (including phenoxy) is 1. The number of carbonyl (C=O) groups is 1. The maximum Gasteiger partial charge on any atom is 0.253 e. The Kier molecular flexibility index (Phi) is 5.58. The van der Waals surface area contributed by atoms with E-state index >= 15 is 0 Å². The molecule has 0 radical (unpaired) electrons. The average Bonchev–Trinajstić information content (AvgIpc) is 3.15. The Labute approximate surface area is 152 Å². The van der Waals surface area contributed by atoms with Gasteiger partial charge < -0.3 is 14.6 Å². The summed E-state index contributed by atoms with van der Waals surface area (Å²) in [6.07, 6.45) is 3.03. The third kappa shape index (κ3) is 4.24. The molecule has 1 atom stereocenters. The van der Waals surface area contributed by atoms with Crippen LogP contribution in [0.4, 0.5) is 0 Å². The van der Waals surface area contributed by atoms with E-state index in [0.717, 1.165) is 12.1 Å². The van der Waals surface area contributed by atoms with Crippen molar-refractivity contribution in [2.24, 2.45) is 0 Å². The first-order valence-electron chi connectivity index (χ1n) is 8.50. The Morgan fingerprint density at radius 3 is 2.73 bits per heavy atom. The number of carbonyl (C=O) groups excluding carboxylic acids is 1. The van der Waals surface area contributed by atoms with Crippen molar-refractivity contribution in [3.8, 4) is 5.88 Å². The van der Waals surface area contributed by atoms with Crippen molar-refractivity contribution >= 4 is 5.91 Å². The van der Waals surface area contributed by atoms with Gasteiger partial charge in [0, 0.05) is 18.8 Å². The van der Waals surface area contributed by atoms with E-state index in [2.05, 4.69) is 20.5 Å². The summed E-state index contributed by atoms with van der Waals surface area (Å²) in [6.45, 7) is 5.02. The molecule has 0 aliphatic rings. The van der Waals surface area contributed by atoms with Crippen molar-refractivity contribution in [3.05, 3.63) is 71.9 Å². The topological polar surface area (TPSA) is 81.9 Å². The molecule has 1 aromatic carbocycles. The molecule has 134 valence electrons. The minimum Gasteiger partial charge on any atom is -0.470 e. The largest absolute Gasteiger partial charge is 0.470 e. The highest BCUT2D eigenvalue weighted by Gasteiger charge is 2.11. The Morgan fingerprint density at radius 1 is 1.23 bits per heavy atom. The number of aryl methyl sites for hydroxylation is 1. The minimum atomic E-state index is -0.217. The summed E-state index contributed by atoms with van der Waals surface area (Å²) in [5.41, 5.74) is 1.53. The van der Waals surface area contributed by atoms with E-state index in [1.165, 1.54) is 6.20 Å². The second-order valence-corrected chi connectivity index (χ2v) is 5.77. The molecule has 0 bridgehead atoms. The lowest BCUT2D eigenvalue weighted by atomic mass is 10.1. The highest BCUT2D eigenvalue weighted by atomic mass is 16.5. The predicted octanol–water partition coefficient (Wildman–Crippen LogP) is 2.76. The second kappa shape index (κ2) is 8.24. The Balaban J connectivity index is 1.57. The molecule has 1 unspecified atom stereocenters. The molecule has 1 amide bonds. The Morgan fingerprint density at radius 2 is 2.04 bits per heavy atom. The van der Waals surface area contributed by atoms with Gasteiger partial charge in [-0.2, -0.15) is 0 Å². The van der Waals surface area contributed by atoms with Gasteiger partial charge >= 0.3 is 0 Å². The van der Waals surface area contributed by atoms with Crippen LogP contribution in [0.5, 0.6) is 5.88 Å². The van der Waals surface area contributed by atoms with Crippen LogP contribution < -0.4 is 10.1 Å². The number of pyridine rings is 1. The zero-order valence-electron chi connectivity index (χ0n) is 14.8. The summed E-state index contributed by atoms with van der Waals surface area (Å²) < 4.78 is 7.70. The van der Waals surface area contributed by atoms with Gasteiger partial charge in [-0.15, -0.1) is 10.2 Å². The van der Waals surface area contributed by atoms with E-state index in [9.17, 15) is 4.79 Å². The number of hydrogen-bond acceptors (Lipinski definition) is 5.